The van der Waals surface area contributed by atoms with E-state index in [0.717, 1.165) is 41.4 Å². The molecule has 152 valence electrons. The summed E-state index contributed by atoms with van der Waals surface area (Å²) in [6, 6.07) is 12.7. The Bertz CT molecular complexity index is 1020. The maximum Gasteiger partial charge on any atom is 0.335 e. The van der Waals surface area contributed by atoms with Crippen molar-refractivity contribution >= 4 is 28.5 Å². The van der Waals surface area contributed by atoms with E-state index >= 15 is 0 Å². The van der Waals surface area contributed by atoms with E-state index in [1.165, 1.54) is 13.2 Å². The molecule has 0 aliphatic rings. The van der Waals surface area contributed by atoms with Gasteiger partial charge in [-0.25, -0.2) is 4.79 Å². The first-order valence-corrected chi connectivity index (χ1v) is 9.81. The largest absolute Gasteiger partial charge is 0.496 e. The summed E-state index contributed by atoms with van der Waals surface area (Å²) in [7, 11) is 1.53. The Morgan fingerprint density at radius 2 is 1.97 bits per heavy atom. The van der Waals surface area contributed by atoms with Crippen LogP contribution in [0.25, 0.3) is 10.9 Å². The third-order valence-corrected chi connectivity index (χ3v) is 4.97. The summed E-state index contributed by atoms with van der Waals surface area (Å²) < 4.78 is 7.44. The van der Waals surface area contributed by atoms with Crippen LogP contribution in [0.4, 0.5) is 5.69 Å². The van der Waals surface area contributed by atoms with Crippen LogP contribution in [-0.2, 0) is 11.3 Å². The van der Waals surface area contributed by atoms with Gasteiger partial charge in [0, 0.05) is 23.6 Å². The molecule has 0 fully saturated rings. The number of nitrogens with zero attached hydrogens (tertiary/aromatic N) is 1. The van der Waals surface area contributed by atoms with Gasteiger partial charge in [0.25, 0.3) is 0 Å². The lowest BCUT2D eigenvalue weighted by Gasteiger charge is -2.12. The molecule has 6 nitrogen and oxygen atoms in total. The van der Waals surface area contributed by atoms with E-state index in [1.54, 1.807) is 12.1 Å². The second-order valence-corrected chi connectivity index (χ2v) is 7.02. The Hall–Kier alpha value is -3.28. The quantitative estimate of drug-likeness (QED) is 0.505. The van der Waals surface area contributed by atoms with E-state index < -0.39 is 5.97 Å². The smallest absolute Gasteiger partial charge is 0.335 e. The Kier molecular flexibility index (Phi) is 6.54. The Morgan fingerprint density at radius 1 is 1.14 bits per heavy atom. The predicted molar refractivity (Wildman–Crippen MR) is 114 cm³/mol. The number of fused-ring (bicyclic) bond motifs is 1. The van der Waals surface area contributed by atoms with Crippen molar-refractivity contribution < 1.29 is 19.4 Å². The lowest BCUT2D eigenvalue weighted by molar-refractivity contribution is -0.116. The highest BCUT2D eigenvalue weighted by Gasteiger charge is 2.12. The van der Waals surface area contributed by atoms with Crippen molar-refractivity contribution in [2.45, 2.75) is 39.2 Å². The minimum absolute atomic E-state index is 0.0321. The van der Waals surface area contributed by atoms with Crippen molar-refractivity contribution in [3.8, 4) is 5.75 Å². The zero-order valence-electron chi connectivity index (χ0n) is 16.8. The van der Waals surface area contributed by atoms with Gasteiger partial charge in [-0.1, -0.05) is 31.9 Å². The summed E-state index contributed by atoms with van der Waals surface area (Å²) in [5.41, 5.74) is 2.86. The first-order chi connectivity index (χ1) is 14.0. The fraction of sp³-hybridized carbons (Fsp3) is 0.304. The first kappa shape index (κ1) is 20.5. The van der Waals surface area contributed by atoms with Gasteiger partial charge in [0.1, 0.15) is 5.75 Å². The summed E-state index contributed by atoms with van der Waals surface area (Å²) in [4.78, 5) is 23.4. The standard InChI is InChI=1S/C23H26N2O4/c1-3-4-5-9-22(26)24-19-7-6-8-20-18(19)12-13-25(20)15-17-11-10-16(23(27)28)14-21(17)29-2/h6-8,10-14H,3-5,9,15H2,1-2H3,(H,24,26)(H,27,28). The number of aromatic carboxylic acids is 1. The normalized spacial score (nSPS) is 10.8. The number of hydrogen-bond donors (Lipinski definition) is 2. The molecule has 6 heteroatoms. The van der Waals surface area contributed by atoms with Crippen LogP contribution in [0.2, 0.25) is 0 Å². The van der Waals surface area contributed by atoms with Gasteiger partial charge >= 0.3 is 5.97 Å². The fourth-order valence-corrected chi connectivity index (χ4v) is 3.41. The summed E-state index contributed by atoms with van der Waals surface area (Å²) in [6.45, 7) is 2.64. The average molecular weight is 394 g/mol. The van der Waals surface area contributed by atoms with Crippen molar-refractivity contribution in [2.75, 3.05) is 12.4 Å². The van der Waals surface area contributed by atoms with Crippen molar-refractivity contribution in [2.24, 2.45) is 0 Å². The summed E-state index contributed by atoms with van der Waals surface area (Å²) in [6.07, 6.45) is 5.52. The molecule has 0 aliphatic carbocycles. The molecule has 0 atom stereocenters. The van der Waals surface area contributed by atoms with E-state index in [-0.39, 0.29) is 11.5 Å². The number of anilines is 1. The number of benzene rings is 2. The third-order valence-electron chi connectivity index (χ3n) is 4.97. The van der Waals surface area contributed by atoms with Crippen LogP contribution in [0.5, 0.6) is 5.75 Å². The van der Waals surface area contributed by atoms with Crippen LogP contribution in [0, 0.1) is 0 Å². The van der Waals surface area contributed by atoms with Crippen LogP contribution in [0.15, 0.2) is 48.7 Å². The van der Waals surface area contributed by atoms with Gasteiger partial charge in [-0.15, -0.1) is 0 Å². The third kappa shape index (κ3) is 4.77. The number of nitrogens with one attached hydrogen (secondary N) is 1. The van der Waals surface area contributed by atoms with Gasteiger partial charge in [0.05, 0.1) is 30.4 Å². The van der Waals surface area contributed by atoms with Crippen LogP contribution in [0.3, 0.4) is 0 Å². The van der Waals surface area contributed by atoms with Crippen LogP contribution in [-0.4, -0.2) is 28.7 Å². The van der Waals surface area contributed by atoms with E-state index in [9.17, 15) is 9.59 Å². The number of carboxylic acid groups (broad SMARTS) is 1. The zero-order valence-corrected chi connectivity index (χ0v) is 16.8. The van der Waals surface area contributed by atoms with E-state index in [0.29, 0.717) is 18.7 Å². The molecule has 0 radical (unpaired) electrons. The first-order valence-electron chi connectivity index (χ1n) is 9.81. The monoisotopic (exact) mass is 394 g/mol. The molecule has 0 saturated heterocycles. The summed E-state index contributed by atoms with van der Waals surface area (Å²) in [5.74, 6) is -0.419. The fourth-order valence-electron chi connectivity index (χ4n) is 3.41. The van der Waals surface area contributed by atoms with E-state index in [4.69, 9.17) is 9.84 Å². The molecular formula is C23H26N2O4. The van der Waals surface area contributed by atoms with Crippen LogP contribution >= 0.6 is 0 Å². The minimum Gasteiger partial charge on any atom is -0.496 e. The molecular weight excluding hydrogens is 368 g/mol. The molecule has 1 heterocycles. The van der Waals surface area contributed by atoms with E-state index in [2.05, 4.69) is 16.8 Å². The SMILES string of the molecule is CCCCCC(=O)Nc1cccc2c1ccn2Cc1ccc(C(=O)O)cc1OC. The number of carbonyl (C=O) groups excluding carboxylic acids is 1. The van der Waals surface area contributed by atoms with Gasteiger partial charge in [-0.05, 0) is 36.8 Å². The predicted octanol–water partition coefficient (Wildman–Crippen LogP) is 4.92. The van der Waals surface area contributed by atoms with Gasteiger partial charge in [0.15, 0.2) is 0 Å². The molecule has 0 unspecified atom stereocenters. The number of amides is 1. The maximum atomic E-state index is 12.2. The lowest BCUT2D eigenvalue weighted by atomic mass is 10.1. The summed E-state index contributed by atoms with van der Waals surface area (Å²) >= 11 is 0. The summed E-state index contributed by atoms with van der Waals surface area (Å²) in [5, 5.41) is 13.2. The molecule has 0 saturated carbocycles. The second kappa shape index (κ2) is 9.28. The maximum absolute atomic E-state index is 12.2. The second-order valence-electron chi connectivity index (χ2n) is 7.02. The number of methoxy groups -OCH3 is 1. The lowest BCUT2D eigenvalue weighted by Crippen LogP contribution is -2.11. The van der Waals surface area contributed by atoms with Crippen molar-refractivity contribution in [3.63, 3.8) is 0 Å². The number of aromatic nitrogens is 1. The number of carboxylic acids is 1. The molecule has 29 heavy (non-hydrogen) atoms. The highest BCUT2D eigenvalue weighted by molar-refractivity contribution is 6.01. The highest BCUT2D eigenvalue weighted by atomic mass is 16.5. The zero-order chi connectivity index (χ0) is 20.8. The Labute approximate surface area is 170 Å². The number of ether oxygens (including phenoxy) is 1. The van der Waals surface area contributed by atoms with Gasteiger partial charge < -0.3 is 19.7 Å². The van der Waals surface area contributed by atoms with Crippen LogP contribution < -0.4 is 10.1 Å². The number of unbranched alkanes of at least 4 members (excludes halogenated alkanes) is 2. The Morgan fingerprint density at radius 3 is 2.69 bits per heavy atom. The molecule has 1 amide bonds. The number of hydrogen-bond acceptors (Lipinski definition) is 3. The molecule has 3 aromatic rings. The van der Waals surface area contributed by atoms with Gasteiger partial charge in [-0.2, -0.15) is 0 Å². The van der Waals surface area contributed by atoms with E-state index in [1.807, 2.05) is 30.5 Å². The average Bonchev–Trinajstić information content (AvgIpc) is 3.12. The molecule has 0 aliphatic heterocycles. The van der Waals surface area contributed by atoms with Gasteiger partial charge in [-0.3, -0.25) is 4.79 Å². The van der Waals surface area contributed by atoms with Crippen LogP contribution in [0.1, 0.15) is 48.5 Å². The molecule has 3 rings (SSSR count). The number of rotatable bonds is 9. The topological polar surface area (TPSA) is 80.6 Å². The molecule has 0 spiro atoms. The van der Waals surface area contributed by atoms with Crippen molar-refractivity contribution in [3.05, 3.63) is 59.8 Å². The van der Waals surface area contributed by atoms with Gasteiger partial charge in [0.2, 0.25) is 5.91 Å². The number of carbonyl (C=O) groups is 2. The van der Waals surface area contributed by atoms with Crippen molar-refractivity contribution in [1.29, 1.82) is 0 Å². The molecule has 0 bridgehead atoms. The molecule has 1 aromatic heterocycles. The Balaban J connectivity index is 1.83. The minimum atomic E-state index is -0.986. The van der Waals surface area contributed by atoms with Crippen molar-refractivity contribution in [1.82, 2.24) is 4.57 Å². The molecule has 2 N–H and O–H groups in total. The molecule has 2 aromatic carbocycles. The highest BCUT2D eigenvalue weighted by Crippen LogP contribution is 2.28.